The van der Waals surface area contributed by atoms with Crippen molar-refractivity contribution in [3.8, 4) is 0 Å². The SMILES string of the molecule is Fc1cc(F)cc(N2CC=CCC2)c1. The van der Waals surface area contributed by atoms with E-state index < -0.39 is 11.6 Å². The van der Waals surface area contributed by atoms with Gasteiger partial charge in [0.05, 0.1) is 0 Å². The minimum atomic E-state index is -0.519. The summed E-state index contributed by atoms with van der Waals surface area (Å²) in [5.74, 6) is -1.04. The van der Waals surface area contributed by atoms with Crippen LogP contribution in [0.5, 0.6) is 0 Å². The van der Waals surface area contributed by atoms with Gasteiger partial charge in [-0.15, -0.1) is 0 Å². The van der Waals surface area contributed by atoms with Crippen molar-refractivity contribution in [2.45, 2.75) is 6.42 Å². The highest BCUT2D eigenvalue weighted by Gasteiger charge is 2.09. The Morgan fingerprint density at radius 3 is 2.29 bits per heavy atom. The molecular weight excluding hydrogens is 184 g/mol. The van der Waals surface area contributed by atoms with E-state index in [0.29, 0.717) is 5.69 Å². The molecule has 74 valence electrons. The number of hydrogen-bond donors (Lipinski definition) is 0. The number of benzene rings is 1. The van der Waals surface area contributed by atoms with E-state index in [0.717, 1.165) is 25.6 Å². The molecule has 0 N–H and O–H groups in total. The van der Waals surface area contributed by atoms with Crippen LogP contribution in [0.25, 0.3) is 0 Å². The molecule has 0 amide bonds. The Bertz CT molecular complexity index is 340. The van der Waals surface area contributed by atoms with Crippen LogP contribution in [0.15, 0.2) is 30.4 Å². The fraction of sp³-hybridized carbons (Fsp3) is 0.273. The van der Waals surface area contributed by atoms with Crippen molar-refractivity contribution in [2.24, 2.45) is 0 Å². The van der Waals surface area contributed by atoms with Crippen LogP contribution < -0.4 is 4.90 Å². The zero-order valence-corrected chi connectivity index (χ0v) is 7.71. The lowest BCUT2D eigenvalue weighted by Crippen LogP contribution is -2.26. The zero-order chi connectivity index (χ0) is 9.97. The molecule has 1 nitrogen and oxygen atoms in total. The normalized spacial score (nSPS) is 16.0. The lowest BCUT2D eigenvalue weighted by Gasteiger charge is -2.25. The average molecular weight is 195 g/mol. The van der Waals surface area contributed by atoms with E-state index >= 15 is 0 Å². The largest absolute Gasteiger partial charge is 0.367 e. The molecule has 2 rings (SSSR count). The summed E-state index contributed by atoms with van der Waals surface area (Å²) in [6.45, 7) is 1.54. The summed E-state index contributed by atoms with van der Waals surface area (Å²) >= 11 is 0. The number of nitrogens with zero attached hydrogens (tertiary/aromatic N) is 1. The lowest BCUT2D eigenvalue weighted by molar-refractivity contribution is 0.582. The molecular formula is C11H11F2N. The van der Waals surface area contributed by atoms with Gasteiger partial charge in [0, 0.05) is 24.8 Å². The number of rotatable bonds is 1. The fourth-order valence-electron chi connectivity index (χ4n) is 1.60. The lowest BCUT2D eigenvalue weighted by atomic mass is 10.2. The Morgan fingerprint density at radius 2 is 1.71 bits per heavy atom. The topological polar surface area (TPSA) is 3.24 Å². The Balaban J connectivity index is 2.26. The molecule has 3 heteroatoms. The van der Waals surface area contributed by atoms with Gasteiger partial charge in [-0.1, -0.05) is 12.2 Å². The zero-order valence-electron chi connectivity index (χ0n) is 7.71. The van der Waals surface area contributed by atoms with Crippen LogP contribution in [0.1, 0.15) is 6.42 Å². The molecule has 0 saturated carbocycles. The molecule has 0 bridgehead atoms. The van der Waals surface area contributed by atoms with Gasteiger partial charge < -0.3 is 4.90 Å². The van der Waals surface area contributed by atoms with Crippen LogP contribution in [-0.2, 0) is 0 Å². The highest BCUT2D eigenvalue weighted by atomic mass is 19.1. The second kappa shape index (κ2) is 3.78. The van der Waals surface area contributed by atoms with Crippen LogP contribution >= 0.6 is 0 Å². The molecule has 0 atom stereocenters. The first-order valence-corrected chi connectivity index (χ1v) is 4.62. The van der Waals surface area contributed by atoms with Gasteiger partial charge in [-0.3, -0.25) is 0 Å². The van der Waals surface area contributed by atoms with Crippen LogP contribution in [0, 0.1) is 11.6 Å². The quantitative estimate of drug-likeness (QED) is 0.623. The van der Waals surface area contributed by atoms with Crippen LogP contribution in [0.3, 0.4) is 0 Å². The second-order valence-corrected chi connectivity index (χ2v) is 3.33. The van der Waals surface area contributed by atoms with E-state index in [4.69, 9.17) is 0 Å². The Hall–Kier alpha value is -1.38. The summed E-state index contributed by atoms with van der Waals surface area (Å²) < 4.78 is 25.8. The van der Waals surface area contributed by atoms with Crippen molar-refractivity contribution >= 4 is 5.69 Å². The van der Waals surface area contributed by atoms with E-state index in [1.54, 1.807) is 0 Å². The molecule has 0 radical (unpaired) electrons. The Kier molecular flexibility index (Phi) is 2.48. The van der Waals surface area contributed by atoms with E-state index in [9.17, 15) is 8.78 Å². The van der Waals surface area contributed by atoms with Gasteiger partial charge in [0.15, 0.2) is 0 Å². The molecule has 0 fully saturated rings. The van der Waals surface area contributed by atoms with Crippen molar-refractivity contribution in [2.75, 3.05) is 18.0 Å². The second-order valence-electron chi connectivity index (χ2n) is 3.33. The first-order valence-electron chi connectivity index (χ1n) is 4.62. The van der Waals surface area contributed by atoms with Gasteiger partial charge in [-0.25, -0.2) is 8.78 Å². The van der Waals surface area contributed by atoms with Gasteiger partial charge >= 0.3 is 0 Å². The van der Waals surface area contributed by atoms with Crippen molar-refractivity contribution < 1.29 is 8.78 Å². The fourth-order valence-corrected chi connectivity index (χ4v) is 1.60. The van der Waals surface area contributed by atoms with E-state index in [-0.39, 0.29) is 0 Å². The van der Waals surface area contributed by atoms with Gasteiger partial charge in [0.1, 0.15) is 11.6 Å². The third-order valence-electron chi connectivity index (χ3n) is 2.27. The molecule has 0 aromatic heterocycles. The number of anilines is 1. The van der Waals surface area contributed by atoms with Gasteiger partial charge in [0.2, 0.25) is 0 Å². The third-order valence-corrected chi connectivity index (χ3v) is 2.27. The maximum atomic E-state index is 12.9. The minimum absolute atomic E-state index is 0.519. The highest BCUT2D eigenvalue weighted by Crippen LogP contribution is 2.19. The first kappa shape index (κ1) is 9.19. The van der Waals surface area contributed by atoms with E-state index in [2.05, 4.69) is 6.08 Å². The minimum Gasteiger partial charge on any atom is -0.367 e. The van der Waals surface area contributed by atoms with Gasteiger partial charge in [-0.05, 0) is 18.6 Å². The van der Waals surface area contributed by atoms with Gasteiger partial charge in [0.25, 0.3) is 0 Å². The molecule has 1 aromatic rings. The summed E-state index contributed by atoms with van der Waals surface area (Å²) in [7, 11) is 0. The molecule has 0 unspecified atom stereocenters. The Labute approximate surface area is 81.7 Å². The summed E-state index contributed by atoms with van der Waals surface area (Å²) in [6, 6.07) is 3.62. The number of halogens is 2. The maximum absolute atomic E-state index is 12.9. The first-order chi connectivity index (χ1) is 6.75. The molecule has 0 saturated heterocycles. The highest BCUT2D eigenvalue weighted by molar-refractivity contribution is 5.48. The smallest absolute Gasteiger partial charge is 0.128 e. The maximum Gasteiger partial charge on any atom is 0.128 e. The summed E-state index contributed by atoms with van der Waals surface area (Å²) in [4.78, 5) is 1.95. The molecule has 1 aliphatic rings. The van der Waals surface area contributed by atoms with Crippen molar-refractivity contribution in [3.05, 3.63) is 42.0 Å². The van der Waals surface area contributed by atoms with Crippen molar-refractivity contribution in [1.82, 2.24) is 0 Å². The van der Waals surface area contributed by atoms with Crippen LogP contribution in [0.4, 0.5) is 14.5 Å². The summed E-state index contributed by atoms with van der Waals surface area (Å²) in [6.07, 6.45) is 5.01. The predicted octanol–water partition coefficient (Wildman–Crippen LogP) is 2.73. The molecule has 0 aliphatic carbocycles. The Morgan fingerprint density at radius 1 is 1.00 bits per heavy atom. The molecule has 1 heterocycles. The molecule has 1 aliphatic heterocycles. The van der Waals surface area contributed by atoms with Crippen LogP contribution in [-0.4, -0.2) is 13.1 Å². The molecule has 14 heavy (non-hydrogen) atoms. The standard InChI is InChI=1S/C11H11F2N/c12-9-6-10(13)8-11(7-9)14-4-2-1-3-5-14/h1-2,6-8H,3-5H2. The summed E-state index contributed by atoms with van der Waals surface area (Å²) in [5, 5.41) is 0. The van der Waals surface area contributed by atoms with Crippen LogP contribution in [0.2, 0.25) is 0 Å². The average Bonchev–Trinajstić information content (AvgIpc) is 2.18. The monoisotopic (exact) mass is 195 g/mol. The summed E-state index contributed by atoms with van der Waals surface area (Å²) in [5.41, 5.74) is 0.617. The van der Waals surface area contributed by atoms with Crippen molar-refractivity contribution in [3.63, 3.8) is 0 Å². The van der Waals surface area contributed by atoms with Gasteiger partial charge in [-0.2, -0.15) is 0 Å². The number of hydrogen-bond acceptors (Lipinski definition) is 1. The van der Waals surface area contributed by atoms with E-state index in [1.165, 1.54) is 12.1 Å². The third kappa shape index (κ3) is 1.92. The van der Waals surface area contributed by atoms with E-state index in [1.807, 2.05) is 11.0 Å². The predicted molar refractivity (Wildman–Crippen MR) is 52.3 cm³/mol. The van der Waals surface area contributed by atoms with Crippen molar-refractivity contribution in [1.29, 1.82) is 0 Å². The molecule has 1 aromatic carbocycles. The molecule has 0 spiro atoms.